The van der Waals surface area contributed by atoms with Crippen molar-refractivity contribution in [2.75, 3.05) is 0 Å². The molecule has 0 saturated heterocycles. The van der Waals surface area contributed by atoms with Crippen molar-refractivity contribution in [1.82, 2.24) is 9.88 Å². The Morgan fingerprint density at radius 1 is 1.35 bits per heavy atom. The second-order valence-electron chi connectivity index (χ2n) is 5.04. The normalized spacial score (nSPS) is 22.6. The van der Waals surface area contributed by atoms with Crippen molar-refractivity contribution in [3.05, 3.63) is 21.9 Å². The molecule has 0 radical (unpaired) electrons. The summed E-state index contributed by atoms with van der Waals surface area (Å²) in [6, 6.07) is 1.14. The Kier molecular flexibility index (Phi) is 4.60. The molecule has 0 aromatic carbocycles. The molecule has 7 heteroatoms. The maximum absolute atomic E-state index is 12.2. The zero-order valence-electron chi connectivity index (χ0n) is 11.0. The Bertz CT molecular complexity index is 542. The van der Waals surface area contributed by atoms with Gasteiger partial charge in [-0.25, -0.2) is 0 Å². The molecule has 2 unspecified atom stereocenters. The summed E-state index contributed by atoms with van der Waals surface area (Å²) in [5.41, 5.74) is 0.328. The van der Waals surface area contributed by atoms with Crippen LogP contribution in [0.4, 0.5) is 0 Å². The highest BCUT2D eigenvalue weighted by Gasteiger charge is 2.32. The van der Waals surface area contributed by atoms with Crippen LogP contribution in [0.3, 0.4) is 0 Å². The molecular formula is C13H16Cl2N2O3. The summed E-state index contributed by atoms with van der Waals surface area (Å²) in [5, 5.41) is 12.6. The third-order valence-corrected chi connectivity index (χ3v) is 4.59. The predicted octanol–water partition coefficient (Wildman–Crippen LogP) is 2.71. The van der Waals surface area contributed by atoms with Gasteiger partial charge in [0.25, 0.3) is 5.91 Å². The lowest BCUT2D eigenvalue weighted by atomic mass is 9.84. The van der Waals surface area contributed by atoms with E-state index in [1.54, 1.807) is 7.05 Å². The fourth-order valence-corrected chi connectivity index (χ4v) is 2.98. The van der Waals surface area contributed by atoms with Crippen molar-refractivity contribution in [1.29, 1.82) is 0 Å². The number of carbonyl (C=O) groups is 2. The van der Waals surface area contributed by atoms with E-state index in [9.17, 15) is 14.7 Å². The fourth-order valence-electron chi connectivity index (χ4n) is 2.60. The van der Waals surface area contributed by atoms with E-state index in [1.165, 1.54) is 10.6 Å². The number of rotatable bonds is 3. The topological polar surface area (TPSA) is 71.3 Å². The largest absolute Gasteiger partial charge is 0.481 e. The van der Waals surface area contributed by atoms with E-state index >= 15 is 0 Å². The lowest BCUT2D eigenvalue weighted by Gasteiger charge is -2.29. The molecular weight excluding hydrogens is 303 g/mol. The van der Waals surface area contributed by atoms with E-state index in [4.69, 9.17) is 23.2 Å². The number of nitrogens with zero attached hydrogens (tertiary/aromatic N) is 1. The van der Waals surface area contributed by atoms with Crippen molar-refractivity contribution in [2.45, 2.75) is 31.7 Å². The minimum atomic E-state index is -0.863. The SMILES string of the molecule is Cn1c(C(=O)NC2CCCCC2C(=O)O)cc(Cl)c1Cl. The number of carboxylic acid groups (broad SMARTS) is 1. The lowest BCUT2D eigenvalue weighted by Crippen LogP contribution is -2.45. The first-order chi connectivity index (χ1) is 9.41. The second kappa shape index (κ2) is 6.06. The van der Waals surface area contributed by atoms with Crippen LogP contribution in [0.2, 0.25) is 10.2 Å². The maximum Gasteiger partial charge on any atom is 0.308 e. The number of aliphatic carboxylic acids is 1. The van der Waals surface area contributed by atoms with E-state index in [0.717, 1.165) is 12.8 Å². The summed E-state index contributed by atoms with van der Waals surface area (Å²) in [6.45, 7) is 0. The van der Waals surface area contributed by atoms with Crippen LogP contribution in [-0.4, -0.2) is 27.6 Å². The van der Waals surface area contributed by atoms with Gasteiger partial charge in [0.05, 0.1) is 10.9 Å². The molecule has 5 nitrogen and oxygen atoms in total. The third kappa shape index (κ3) is 2.94. The summed E-state index contributed by atoms with van der Waals surface area (Å²) in [4.78, 5) is 23.4. The molecule has 1 aromatic heterocycles. The number of hydrogen-bond acceptors (Lipinski definition) is 2. The molecule has 0 bridgehead atoms. The Labute approximate surface area is 126 Å². The van der Waals surface area contributed by atoms with Gasteiger partial charge in [-0.05, 0) is 18.9 Å². The number of halogens is 2. The van der Waals surface area contributed by atoms with Gasteiger partial charge < -0.3 is 15.0 Å². The summed E-state index contributed by atoms with van der Waals surface area (Å²) >= 11 is 11.8. The van der Waals surface area contributed by atoms with Crippen LogP contribution >= 0.6 is 23.2 Å². The van der Waals surface area contributed by atoms with Gasteiger partial charge in [-0.2, -0.15) is 0 Å². The Morgan fingerprint density at radius 2 is 2.00 bits per heavy atom. The Hall–Kier alpha value is -1.20. The Morgan fingerprint density at radius 3 is 2.55 bits per heavy atom. The zero-order valence-corrected chi connectivity index (χ0v) is 12.5. The average molecular weight is 319 g/mol. The predicted molar refractivity (Wildman–Crippen MR) is 76.3 cm³/mol. The van der Waals surface area contributed by atoms with Gasteiger partial charge in [-0.15, -0.1) is 0 Å². The molecule has 1 amide bonds. The summed E-state index contributed by atoms with van der Waals surface area (Å²) in [5.74, 6) is -1.74. The van der Waals surface area contributed by atoms with Crippen molar-refractivity contribution in [3.8, 4) is 0 Å². The molecule has 2 atom stereocenters. The minimum Gasteiger partial charge on any atom is -0.481 e. The molecule has 2 N–H and O–H groups in total. The maximum atomic E-state index is 12.2. The minimum absolute atomic E-state index is 0.287. The fraction of sp³-hybridized carbons (Fsp3) is 0.538. The van der Waals surface area contributed by atoms with E-state index in [0.29, 0.717) is 23.6 Å². The molecule has 110 valence electrons. The number of amides is 1. The first-order valence-corrected chi connectivity index (χ1v) is 7.21. The monoisotopic (exact) mass is 318 g/mol. The van der Waals surface area contributed by atoms with Crippen LogP contribution in [-0.2, 0) is 11.8 Å². The quantitative estimate of drug-likeness (QED) is 0.900. The molecule has 1 heterocycles. The molecule has 0 aliphatic heterocycles. The van der Waals surface area contributed by atoms with Gasteiger partial charge in [0.15, 0.2) is 0 Å². The number of aromatic nitrogens is 1. The van der Waals surface area contributed by atoms with Crippen molar-refractivity contribution in [3.63, 3.8) is 0 Å². The molecule has 1 aromatic rings. The van der Waals surface area contributed by atoms with Crippen molar-refractivity contribution < 1.29 is 14.7 Å². The summed E-state index contributed by atoms with van der Waals surface area (Å²) in [7, 11) is 1.64. The van der Waals surface area contributed by atoms with E-state index in [-0.39, 0.29) is 17.1 Å². The number of nitrogens with one attached hydrogen (secondary N) is 1. The highest BCUT2D eigenvalue weighted by molar-refractivity contribution is 6.41. The smallest absolute Gasteiger partial charge is 0.308 e. The van der Waals surface area contributed by atoms with Gasteiger partial charge in [0.2, 0.25) is 0 Å². The van der Waals surface area contributed by atoms with E-state index in [2.05, 4.69) is 5.32 Å². The standard InChI is InChI=1S/C13H16Cl2N2O3/c1-17-10(6-8(14)11(17)15)12(18)16-9-5-3-2-4-7(9)13(19)20/h6-7,9H,2-5H2,1H3,(H,16,18)(H,19,20). The number of carboxylic acids is 1. The highest BCUT2D eigenvalue weighted by atomic mass is 35.5. The van der Waals surface area contributed by atoms with E-state index < -0.39 is 11.9 Å². The first kappa shape index (κ1) is 15.2. The Balaban J connectivity index is 2.13. The molecule has 0 spiro atoms. The average Bonchev–Trinajstić information content (AvgIpc) is 2.67. The van der Waals surface area contributed by atoms with Crippen LogP contribution in [0.15, 0.2) is 6.07 Å². The number of hydrogen-bond donors (Lipinski definition) is 2. The molecule has 1 fully saturated rings. The molecule has 20 heavy (non-hydrogen) atoms. The van der Waals surface area contributed by atoms with Crippen molar-refractivity contribution >= 4 is 35.1 Å². The zero-order chi connectivity index (χ0) is 14.9. The van der Waals surface area contributed by atoms with E-state index in [1.807, 2.05) is 0 Å². The van der Waals surface area contributed by atoms with Gasteiger partial charge in [0, 0.05) is 13.1 Å². The first-order valence-electron chi connectivity index (χ1n) is 6.46. The summed E-state index contributed by atoms with van der Waals surface area (Å²) in [6.07, 6.45) is 3.07. The number of carbonyl (C=O) groups excluding carboxylic acids is 1. The van der Waals surface area contributed by atoms with Crippen LogP contribution in [0, 0.1) is 5.92 Å². The molecule has 1 saturated carbocycles. The molecule has 2 rings (SSSR count). The lowest BCUT2D eigenvalue weighted by molar-refractivity contribution is -0.143. The van der Waals surface area contributed by atoms with Crippen LogP contribution < -0.4 is 5.32 Å². The molecule has 1 aliphatic carbocycles. The summed E-state index contributed by atoms with van der Waals surface area (Å²) < 4.78 is 1.48. The van der Waals surface area contributed by atoms with Gasteiger partial charge in [-0.1, -0.05) is 36.0 Å². The van der Waals surface area contributed by atoms with Gasteiger partial charge in [0.1, 0.15) is 10.8 Å². The molecule has 1 aliphatic rings. The van der Waals surface area contributed by atoms with Crippen molar-refractivity contribution in [2.24, 2.45) is 13.0 Å². The van der Waals surface area contributed by atoms with Gasteiger partial charge in [-0.3, -0.25) is 9.59 Å². The highest BCUT2D eigenvalue weighted by Crippen LogP contribution is 2.27. The van der Waals surface area contributed by atoms with Gasteiger partial charge >= 0.3 is 5.97 Å². The van der Waals surface area contributed by atoms with Crippen LogP contribution in [0.5, 0.6) is 0 Å². The second-order valence-corrected chi connectivity index (χ2v) is 5.80. The van der Waals surface area contributed by atoms with Crippen LogP contribution in [0.25, 0.3) is 0 Å². The van der Waals surface area contributed by atoms with Crippen LogP contribution in [0.1, 0.15) is 36.2 Å². The third-order valence-electron chi connectivity index (χ3n) is 3.75.